The minimum atomic E-state index is 0.161. The molecule has 0 N–H and O–H groups in total. The molecule has 15 heavy (non-hydrogen) atoms. The van der Waals surface area contributed by atoms with Crippen LogP contribution in [0.4, 0.5) is 0 Å². The SMILES string of the molecule is CC(C)=CC(=O)N(C)C1CCCC(C)C1. The monoisotopic (exact) mass is 209 g/mol. The van der Waals surface area contributed by atoms with Gasteiger partial charge in [0.15, 0.2) is 0 Å². The van der Waals surface area contributed by atoms with Crippen LogP contribution >= 0.6 is 0 Å². The molecule has 1 saturated carbocycles. The van der Waals surface area contributed by atoms with Crippen LogP contribution < -0.4 is 0 Å². The van der Waals surface area contributed by atoms with Crippen LogP contribution in [0.1, 0.15) is 46.5 Å². The second kappa shape index (κ2) is 5.34. The van der Waals surface area contributed by atoms with Crippen LogP contribution in [0.25, 0.3) is 0 Å². The lowest BCUT2D eigenvalue weighted by molar-refractivity contribution is -0.127. The Hall–Kier alpha value is -0.790. The van der Waals surface area contributed by atoms with E-state index in [-0.39, 0.29) is 5.91 Å². The minimum absolute atomic E-state index is 0.161. The Morgan fingerprint density at radius 1 is 1.33 bits per heavy atom. The van der Waals surface area contributed by atoms with Crippen LogP contribution in [-0.4, -0.2) is 23.9 Å². The van der Waals surface area contributed by atoms with E-state index >= 15 is 0 Å². The van der Waals surface area contributed by atoms with Crippen LogP contribution in [0.3, 0.4) is 0 Å². The van der Waals surface area contributed by atoms with Gasteiger partial charge in [-0.3, -0.25) is 4.79 Å². The molecule has 0 aromatic heterocycles. The van der Waals surface area contributed by atoms with Gasteiger partial charge in [-0.1, -0.05) is 25.3 Å². The molecule has 1 aliphatic rings. The summed E-state index contributed by atoms with van der Waals surface area (Å²) in [4.78, 5) is 13.7. The van der Waals surface area contributed by atoms with Crippen molar-refractivity contribution in [3.63, 3.8) is 0 Å². The lowest BCUT2D eigenvalue weighted by atomic mass is 9.86. The number of carbonyl (C=O) groups excluding carboxylic acids is 1. The van der Waals surface area contributed by atoms with Crippen molar-refractivity contribution in [2.45, 2.75) is 52.5 Å². The van der Waals surface area contributed by atoms with Gasteiger partial charge < -0.3 is 4.90 Å². The summed E-state index contributed by atoms with van der Waals surface area (Å²) >= 11 is 0. The van der Waals surface area contributed by atoms with Crippen LogP contribution in [0.2, 0.25) is 0 Å². The fourth-order valence-corrected chi connectivity index (χ4v) is 2.28. The van der Waals surface area contributed by atoms with Crippen molar-refractivity contribution in [3.8, 4) is 0 Å². The molecule has 2 heteroatoms. The predicted molar refractivity (Wildman–Crippen MR) is 63.6 cm³/mol. The molecular weight excluding hydrogens is 186 g/mol. The first kappa shape index (κ1) is 12.3. The average Bonchev–Trinajstić information content (AvgIpc) is 2.15. The lowest BCUT2D eigenvalue weighted by Crippen LogP contribution is -2.39. The van der Waals surface area contributed by atoms with E-state index in [0.29, 0.717) is 6.04 Å². The number of carbonyl (C=O) groups is 1. The highest BCUT2D eigenvalue weighted by Gasteiger charge is 2.24. The molecule has 0 bridgehead atoms. The Bertz CT molecular complexity index is 253. The van der Waals surface area contributed by atoms with Crippen molar-refractivity contribution in [3.05, 3.63) is 11.6 Å². The molecule has 0 heterocycles. The zero-order chi connectivity index (χ0) is 11.4. The predicted octanol–water partition coefficient (Wildman–Crippen LogP) is 2.99. The smallest absolute Gasteiger partial charge is 0.246 e. The van der Waals surface area contributed by atoms with Gasteiger partial charge in [-0.25, -0.2) is 0 Å². The molecule has 0 saturated heterocycles. The van der Waals surface area contributed by atoms with Gasteiger partial charge >= 0.3 is 0 Å². The largest absolute Gasteiger partial charge is 0.339 e. The van der Waals surface area contributed by atoms with E-state index in [4.69, 9.17) is 0 Å². The molecule has 0 aromatic carbocycles. The molecule has 1 aliphatic carbocycles. The summed E-state index contributed by atoms with van der Waals surface area (Å²) in [5, 5.41) is 0. The third kappa shape index (κ3) is 3.69. The highest BCUT2D eigenvalue weighted by Crippen LogP contribution is 2.26. The van der Waals surface area contributed by atoms with Gasteiger partial charge in [0.2, 0.25) is 5.91 Å². The van der Waals surface area contributed by atoms with E-state index in [0.717, 1.165) is 11.5 Å². The topological polar surface area (TPSA) is 20.3 Å². The molecule has 0 aliphatic heterocycles. The summed E-state index contributed by atoms with van der Waals surface area (Å²) in [6.07, 6.45) is 6.65. The number of amides is 1. The maximum absolute atomic E-state index is 11.8. The van der Waals surface area contributed by atoms with E-state index in [2.05, 4.69) is 6.92 Å². The molecule has 1 rings (SSSR count). The van der Waals surface area contributed by atoms with Crippen LogP contribution in [0, 0.1) is 5.92 Å². The van der Waals surface area contributed by atoms with Gasteiger partial charge in [0.1, 0.15) is 0 Å². The molecule has 2 unspecified atom stereocenters. The van der Waals surface area contributed by atoms with Gasteiger partial charge in [0.05, 0.1) is 0 Å². The number of hydrogen-bond acceptors (Lipinski definition) is 1. The third-order valence-corrected chi connectivity index (χ3v) is 3.22. The Labute approximate surface area is 93.3 Å². The third-order valence-electron chi connectivity index (χ3n) is 3.22. The van der Waals surface area contributed by atoms with E-state index < -0.39 is 0 Å². The minimum Gasteiger partial charge on any atom is -0.339 e. The maximum Gasteiger partial charge on any atom is 0.246 e. The quantitative estimate of drug-likeness (QED) is 0.640. The standard InChI is InChI=1S/C13H23NO/c1-10(2)8-13(15)14(4)12-7-5-6-11(3)9-12/h8,11-12H,5-7,9H2,1-4H3. The van der Waals surface area contributed by atoms with Crippen molar-refractivity contribution in [1.82, 2.24) is 4.90 Å². The van der Waals surface area contributed by atoms with Crippen molar-refractivity contribution in [2.75, 3.05) is 7.05 Å². The summed E-state index contributed by atoms with van der Waals surface area (Å²) in [5.74, 6) is 0.930. The van der Waals surface area contributed by atoms with Gasteiger partial charge in [0.25, 0.3) is 0 Å². The highest BCUT2D eigenvalue weighted by molar-refractivity contribution is 5.88. The first-order valence-electron chi connectivity index (χ1n) is 5.92. The van der Waals surface area contributed by atoms with Crippen molar-refractivity contribution < 1.29 is 4.79 Å². The second-order valence-electron chi connectivity index (χ2n) is 5.10. The summed E-state index contributed by atoms with van der Waals surface area (Å²) < 4.78 is 0. The van der Waals surface area contributed by atoms with Crippen molar-refractivity contribution >= 4 is 5.91 Å². The highest BCUT2D eigenvalue weighted by atomic mass is 16.2. The first-order chi connectivity index (χ1) is 7.00. The van der Waals surface area contributed by atoms with Gasteiger partial charge in [-0.15, -0.1) is 0 Å². The van der Waals surface area contributed by atoms with E-state index in [1.165, 1.54) is 25.7 Å². The average molecular weight is 209 g/mol. The summed E-state index contributed by atoms with van der Waals surface area (Å²) in [6, 6.07) is 0.455. The molecule has 0 radical (unpaired) electrons. The summed E-state index contributed by atoms with van der Waals surface area (Å²) in [7, 11) is 1.94. The first-order valence-corrected chi connectivity index (χ1v) is 5.92. The Balaban J connectivity index is 2.55. The summed E-state index contributed by atoms with van der Waals surface area (Å²) in [5.41, 5.74) is 1.08. The number of hydrogen-bond donors (Lipinski definition) is 0. The van der Waals surface area contributed by atoms with E-state index in [1.54, 1.807) is 6.08 Å². The molecule has 2 nitrogen and oxygen atoms in total. The van der Waals surface area contributed by atoms with E-state index in [9.17, 15) is 4.79 Å². The number of nitrogens with zero attached hydrogens (tertiary/aromatic N) is 1. The zero-order valence-electron chi connectivity index (χ0n) is 10.4. The Morgan fingerprint density at radius 2 is 2.00 bits per heavy atom. The fourth-order valence-electron chi connectivity index (χ4n) is 2.28. The molecule has 86 valence electrons. The number of likely N-dealkylation sites (N-methyl/N-ethyl adjacent to an activating group) is 1. The molecule has 2 atom stereocenters. The normalized spacial score (nSPS) is 25.9. The van der Waals surface area contributed by atoms with Gasteiger partial charge in [-0.2, -0.15) is 0 Å². The second-order valence-corrected chi connectivity index (χ2v) is 5.10. The van der Waals surface area contributed by atoms with Crippen LogP contribution in [0.5, 0.6) is 0 Å². The number of allylic oxidation sites excluding steroid dienone is 1. The van der Waals surface area contributed by atoms with Gasteiger partial charge in [-0.05, 0) is 32.6 Å². The Morgan fingerprint density at radius 3 is 2.53 bits per heavy atom. The van der Waals surface area contributed by atoms with Crippen LogP contribution in [0.15, 0.2) is 11.6 Å². The zero-order valence-corrected chi connectivity index (χ0v) is 10.4. The number of rotatable bonds is 2. The molecule has 0 aromatic rings. The van der Waals surface area contributed by atoms with Crippen LogP contribution in [-0.2, 0) is 4.79 Å². The lowest BCUT2D eigenvalue weighted by Gasteiger charge is -2.33. The maximum atomic E-state index is 11.8. The molecule has 1 amide bonds. The van der Waals surface area contributed by atoms with Gasteiger partial charge in [0, 0.05) is 19.2 Å². The fraction of sp³-hybridized carbons (Fsp3) is 0.769. The van der Waals surface area contributed by atoms with Crippen molar-refractivity contribution in [1.29, 1.82) is 0 Å². The van der Waals surface area contributed by atoms with E-state index in [1.807, 2.05) is 25.8 Å². The molecular formula is C13H23NO. The molecule has 0 spiro atoms. The summed E-state index contributed by atoms with van der Waals surface area (Å²) in [6.45, 7) is 6.22. The Kier molecular flexibility index (Phi) is 4.37. The molecule has 1 fully saturated rings. The van der Waals surface area contributed by atoms with Crippen molar-refractivity contribution in [2.24, 2.45) is 5.92 Å².